The number of ether oxygens (including phenoxy) is 1. The minimum atomic E-state index is -0.614. The number of hydrogen-bond acceptors (Lipinski definition) is 5. The van der Waals surface area contributed by atoms with Crippen LogP contribution in [-0.2, 0) is 9.53 Å². The molecule has 1 unspecified atom stereocenters. The first kappa shape index (κ1) is 13.8. The fourth-order valence-electron chi connectivity index (χ4n) is 1.47. The fourth-order valence-corrected chi connectivity index (χ4v) is 2.35. The summed E-state index contributed by atoms with van der Waals surface area (Å²) in [5.41, 5.74) is -0.614. The summed E-state index contributed by atoms with van der Waals surface area (Å²) in [4.78, 5) is 11.9. The van der Waals surface area contributed by atoms with Gasteiger partial charge in [-0.1, -0.05) is 0 Å². The van der Waals surface area contributed by atoms with Gasteiger partial charge in [0.15, 0.2) is 0 Å². The molecule has 0 amide bonds. The van der Waals surface area contributed by atoms with Gasteiger partial charge in [0, 0.05) is 17.5 Å². The zero-order chi connectivity index (χ0) is 12.0. The maximum Gasteiger partial charge on any atom is 0.326 e. The van der Waals surface area contributed by atoms with Crippen molar-refractivity contribution >= 4 is 17.7 Å². The fraction of sp³-hybridized carbons (Fsp3) is 0.909. The SMILES string of the molecule is CCOC(=O)C(C)(CSCCO)NC1CC1. The molecular weight excluding hydrogens is 226 g/mol. The Labute approximate surface area is 101 Å². The number of thioether (sulfide) groups is 1. The topological polar surface area (TPSA) is 58.6 Å². The first-order valence-corrected chi connectivity index (χ1v) is 6.91. The number of carbonyl (C=O) groups is 1. The quantitative estimate of drug-likeness (QED) is 0.490. The van der Waals surface area contributed by atoms with E-state index in [-0.39, 0.29) is 12.6 Å². The van der Waals surface area contributed by atoms with Gasteiger partial charge in [0.2, 0.25) is 0 Å². The standard InChI is InChI=1S/C11H21NO3S/c1-3-15-10(14)11(2,8-16-7-6-13)12-9-4-5-9/h9,12-13H,3-8H2,1-2H3. The average Bonchev–Trinajstić information content (AvgIpc) is 3.02. The number of nitrogens with one attached hydrogen (secondary N) is 1. The van der Waals surface area contributed by atoms with E-state index >= 15 is 0 Å². The van der Waals surface area contributed by atoms with E-state index in [1.165, 1.54) is 0 Å². The first-order chi connectivity index (χ1) is 7.62. The summed E-state index contributed by atoms with van der Waals surface area (Å²) in [6, 6.07) is 0.462. The second-order valence-electron chi connectivity index (χ2n) is 4.25. The lowest BCUT2D eigenvalue weighted by Gasteiger charge is -2.28. The summed E-state index contributed by atoms with van der Waals surface area (Å²) >= 11 is 1.57. The third-order valence-corrected chi connectivity index (χ3v) is 3.71. The summed E-state index contributed by atoms with van der Waals surface area (Å²) < 4.78 is 5.09. The van der Waals surface area contributed by atoms with Crippen molar-refractivity contribution in [1.82, 2.24) is 5.32 Å². The zero-order valence-electron chi connectivity index (χ0n) is 9.99. The maximum absolute atomic E-state index is 11.9. The van der Waals surface area contributed by atoms with Gasteiger partial charge in [-0.3, -0.25) is 10.1 Å². The summed E-state index contributed by atoms with van der Waals surface area (Å²) in [6.45, 7) is 4.25. The highest BCUT2D eigenvalue weighted by molar-refractivity contribution is 7.99. The van der Waals surface area contributed by atoms with Crippen LogP contribution in [0.1, 0.15) is 26.7 Å². The normalized spacial score (nSPS) is 19.2. The van der Waals surface area contributed by atoms with Crippen molar-refractivity contribution in [2.24, 2.45) is 0 Å². The van der Waals surface area contributed by atoms with Crippen molar-refractivity contribution in [2.45, 2.75) is 38.3 Å². The van der Waals surface area contributed by atoms with E-state index < -0.39 is 5.54 Å². The van der Waals surface area contributed by atoms with Crippen LogP contribution in [0.15, 0.2) is 0 Å². The molecule has 0 aliphatic heterocycles. The summed E-state index contributed by atoms with van der Waals surface area (Å²) in [5.74, 6) is 1.11. The number of esters is 1. The average molecular weight is 247 g/mol. The lowest BCUT2D eigenvalue weighted by Crippen LogP contribution is -2.53. The minimum absolute atomic E-state index is 0.146. The highest BCUT2D eigenvalue weighted by atomic mass is 32.2. The van der Waals surface area contributed by atoms with Crippen LogP contribution in [0.4, 0.5) is 0 Å². The Morgan fingerprint density at radius 1 is 1.62 bits per heavy atom. The lowest BCUT2D eigenvalue weighted by molar-refractivity contribution is -0.149. The number of hydrogen-bond donors (Lipinski definition) is 2. The number of aliphatic hydroxyl groups excluding tert-OH is 1. The van der Waals surface area contributed by atoms with Crippen LogP contribution in [-0.4, -0.2) is 47.4 Å². The second kappa shape index (κ2) is 6.47. The predicted molar refractivity (Wildman–Crippen MR) is 65.6 cm³/mol. The third kappa shape index (κ3) is 4.31. The lowest BCUT2D eigenvalue weighted by atomic mass is 10.1. The van der Waals surface area contributed by atoms with Gasteiger partial charge in [-0.05, 0) is 26.7 Å². The number of rotatable bonds is 8. The molecule has 1 rings (SSSR count). The van der Waals surface area contributed by atoms with Crippen molar-refractivity contribution in [2.75, 3.05) is 24.7 Å². The Balaban J connectivity index is 2.47. The summed E-state index contributed by atoms with van der Waals surface area (Å²) in [6.07, 6.45) is 2.28. The Morgan fingerprint density at radius 2 is 2.31 bits per heavy atom. The highest BCUT2D eigenvalue weighted by Crippen LogP contribution is 2.25. The van der Waals surface area contributed by atoms with Gasteiger partial charge >= 0.3 is 5.97 Å². The van der Waals surface area contributed by atoms with E-state index in [9.17, 15) is 4.79 Å². The summed E-state index contributed by atoms with van der Waals surface area (Å²) in [5, 5.41) is 12.1. The zero-order valence-corrected chi connectivity index (χ0v) is 10.8. The molecule has 1 saturated carbocycles. The van der Waals surface area contributed by atoms with Gasteiger partial charge in [0.25, 0.3) is 0 Å². The van der Waals surface area contributed by atoms with Gasteiger partial charge < -0.3 is 9.84 Å². The van der Waals surface area contributed by atoms with Crippen LogP contribution >= 0.6 is 11.8 Å². The van der Waals surface area contributed by atoms with E-state index in [0.717, 1.165) is 12.8 Å². The van der Waals surface area contributed by atoms with E-state index in [2.05, 4.69) is 5.32 Å². The van der Waals surface area contributed by atoms with E-state index in [1.807, 2.05) is 13.8 Å². The molecule has 2 N–H and O–H groups in total. The van der Waals surface area contributed by atoms with Gasteiger partial charge in [0.1, 0.15) is 5.54 Å². The molecule has 0 radical (unpaired) electrons. The van der Waals surface area contributed by atoms with E-state index in [4.69, 9.17) is 9.84 Å². The van der Waals surface area contributed by atoms with Gasteiger partial charge in [-0.25, -0.2) is 0 Å². The van der Waals surface area contributed by atoms with Crippen molar-refractivity contribution in [3.05, 3.63) is 0 Å². The van der Waals surface area contributed by atoms with Crippen LogP contribution < -0.4 is 5.32 Å². The smallest absolute Gasteiger partial charge is 0.326 e. The molecule has 0 aromatic carbocycles. The van der Waals surface area contributed by atoms with E-state index in [1.54, 1.807) is 11.8 Å². The molecule has 0 bridgehead atoms. The Kier molecular flexibility index (Phi) is 5.58. The molecule has 0 aromatic rings. The number of carbonyl (C=O) groups excluding carboxylic acids is 1. The monoisotopic (exact) mass is 247 g/mol. The Hall–Kier alpha value is -0.260. The molecular formula is C11H21NO3S. The Morgan fingerprint density at radius 3 is 2.81 bits per heavy atom. The molecule has 1 atom stereocenters. The molecule has 0 spiro atoms. The Bertz CT molecular complexity index is 233. The molecule has 5 heteroatoms. The second-order valence-corrected chi connectivity index (χ2v) is 5.35. The number of aliphatic hydroxyl groups is 1. The maximum atomic E-state index is 11.9. The van der Waals surface area contributed by atoms with Crippen molar-refractivity contribution < 1.29 is 14.6 Å². The van der Waals surface area contributed by atoms with Crippen LogP contribution in [0, 0.1) is 0 Å². The van der Waals surface area contributed by atoms with Crippen LogP contribution in [0.5, 0.6) is 0 Å². The molecule has 4 nitrogen and oxygen atoms in total. The highest BCUT2D eigenvalue weighted by Gasteiger charge is 2.39. The molecule has 0 saturated heterocycles. The van der Waals surface area contributed by atoms with E-state index in [0.29, 0.717) is 24.2 Å². The molecule has 1 fully saturated rings. The predicted octanol–water partition coefficient (Wildman–Crippen LogP) is 0.786. The summed E-state index contributed by atoms with van der Waals surface area (Å²) in [7, 11) is 0. The largest absolute Gasteiger partial charge is 0.465 e. The van der Waals surface area contributed by atoms with Gasteiger partial charge in [-0.15, -0.1) is 0 Å². The van der Waals surface area contributed by atoms with Crippen molar-refractivity contribution in [3.8, 4) is 0 Å². The van der Waals surface area contributed by atoms with Crippen LogP contribution in [0.2, 0.25) is 0 Å². The first-order valence-electron chi connectivity index (χ1n) is 5.76. The van der Waals surface area contributed by atoms with Gasteiger partial charge in [0.05, 0.1) is 13.2 Å². The van der Waals surface area contributed by atoms with Crippen LogP contribution in [0.3, 0.4) is 0 Å². The molecule has 1 aliphatic rings. The van der Waals surface area contributed by atoms with Crippen LogP contribution in [0.25, 0.3) is 0 Å². The van der Waals surface area contributed by atoms with Crippen molar-refractivity contribution in [1.29, 1.82) is 0 Å². The molecule has 94 valence electrons. The molecule has 0 heterocycles. The molecule has 16 heavy (non-hydrogen) atoms. The minimum Gasteiger partial charge on any atom is -0.465 e. The van der Waals surface area contributed by atoms with Crippen molar-refractivity contribution in [3.63, 3.8) is 0 Å². The third-order valence-electron chi connectivity index (χ3n) is 2.45. The van der Waals surface area contributed by atoms with Gasteiger partial charge in [-0.2, -0.15) is 11.8 Å². The molecule has 0 aromatic heterocycles. The molecule has 1 aliphatic carbocycles.